The first-order valence-electron chi connectivity index (χ1n) is 8.50. The quantitative estimate of drug-likeness (QED) is 0.852. The highest BCUT2D eigenvalue weighted by Gasteiger charge is 2.22. The van der Waals surface area contributed by atoms with Crippen LogP contribution in [0.1, 0.15) is 19.3 Å². The Balaban J connectivity index is 1.61. The minimum Gasteiger partial charge on any atom is -0.454 e. The van der Waals surface area contributed by atoms with E-state index in [1.54, 1.807) is 18.2 Å². The molecule has 8 heteroatoms. The molecule has 0 amide bonds. The molecule has 1 fully saturated rings. The summed E-state index contributed by atoms with van der Waals surface area (Å²) in [6.45, 7) is 2.03. The first-order valence-corrected chi connectivity index (χ1v) is 10.4. The summed E-state index contributed by atoms with van der Waals surface area (Å²) in [6, 6.07) is 9.96. The Kier molecular flexibility index (Phi) is 4.58. The van der Waals surface area contributed by atoms with Gasteiger partial charge in [0.2, 0.25) is 6.79 Å². The maximum atomic E-state index is 12.8. The lowest BCUT2D eigenvalue weighted by Gasteiger charge is -2.29. The number of sulfonamides is 1. The van der Waals surface area contributed by atoms with Crippen molar-refractivity contribution in [2.45, 2.75) is 24.2 Å². The number of fused-ring (bicyclic) bond motifs is 1. The lowest BCUT2D eigenvalue weighted by atomic mass is 10.1. The fraction of sp³-hybridized carbons (Fsp3) is 0.333. The van der Waals surface area contributed by atoms with E-state index in [4.69, 9.17) is 21.1 Å². The Hall–Kier alpha value is -2.12. The molecular weight excluding hydrogens is 376 g/mol. The zero-order chi connectivity index (χ0) is 18.1. The summed E-state index contributed by atoms with van der Waals surface area (Å²) in [6.07, 6.45) is 3.51. The van der Waals surface area contributed by atoms with Gasteiger partial charge in [-0.05, 0) is 49.6 Å². The van der Waals surface area contributed by atoms with Gasteiger partial charge in [0, 0.05) is 24.8 Å². The van der Waals surface area contributed by atoms with Gasteiger partial charge >= 0.3 is 0 Å². The lowest BCUT2D eigenvalue weighted by Crippen LogP contribution is -2.29. The van der Waals surface area contributed by atoms with Crippen LogP contribution < -0.4 is 19.1 Å². The van der Waals surface area contributed by atoms with Crippen LogP contribution in [0.2, 0.25) is 5.02 Å². The number of ether oxygens (including phenoxy) is 2. The normalized spacial score (nSPS) is 16.6. The van der Waals surface area contributed by atoms with Gasteiger partial charge in [-0.1, -0.05) is 11.6 Å². The van der Waals surface area contributed by atoms with E-state index in [0.29, 0.717) is 22.2 Å². The van der Waals surface area contributed by atoms with Gasteiger partial charge in [0.05, 0.1) is 15.6 Å². The second kappa shape index (κ2) is 6.89. The lowest BCUT2D eigenvalue weighted by molar-refractivity contribution is 0.174. The number of rotatable bonds is 4. The summed E-state index contributed by atoms with van der Waals surface area (Å²) < 4.78 is 38.6. The van der Waals surface area contributed by atoms with Crippen molar-refractivity contribution < 1.29 is 17.9 Å². The Bertz CT molecular complexity index is 927. The van der Waals surface area contributed by atoms with Crippen LogP contribution in [0.5, 0.6) is 11.5 Å². The van der Waals surface area contributed by atoms with Gasteiger partial charge in [0.25, 0.3) is 10.0 Å². The summed E-state index contributed by atoms with van der Waals surface area (Å²) in [5.41, 5.74) is 1.34. The Morgan fingerprint density at radius 3 is 2.54 bits per heavy atom. The molecule has 0 unspecified atom stereocenters. The molecule has 0 saturated carbocycles. The van der Waals surface area contributed by atoms with Gasteiger partial charge in [-0.3, -0.25) is 4.72 Å². The van der Waals surface area contributed by atoms with Crippen LogP contribution in [0.15, 0.2) is 41.3 Å². The minimum atomic E-state index is -3.79. The first kappa shape index (κ1) is 17.3. The molecular formula is C18H19ClN2O4S. The summed E-state index contributed by atoms with van der Waals surface area (Å²) >= 11 is 6.23. The third-order valence-corrected chi connectivity index (χ3v) is 6.26. The van der Waals surface area contributed by atoms with Crippen LogP contribution in [0.3, 0.4) is 0 Å². The third kappa shape index (κ3) is 3.41. The monoisotopic (exact) mass is 394 g/mol. The van der Waals surface area contributed by atoms with Crippen molar-refractivity contribution in [3.8, 4) is 11.5 Å². The van der Waals surface area contributed by atoms with E-state index in [1.165, 1.54) is 18.6 Å². The Morgan fingerprint density at radius 1 is 0.962 bits per heavy atom. The second-order valence-corrected chi connectivity index (χ2v) is 8.42. The van der Waals surface area contributed by atoms with E-state index in [2.05, 4.69) is 9.62 Å². The molecule has 2 aromatic rings. The molecule has 0 atom stereocenters. The molecule has 0 spiro atoms. The summed E-state index contributed by atoms with van der Waals surface area (Å²) in [5.74, 6) is 0.954. The fourth-order valence-electron chi connectivity index (χ4n) is 3.19. The molecule has 2 aromatic carbocycles. The van der Waals surface area contributed by atoms with Crippen molar-refractivity contribution in [2.24, 2.45) is 0 Å². The highest BCUT2D eigenvalue weighted by molar-refractivity contribution is 7.92. The third-order valence-electron chi connectivity index (χ3n) is 4.57. The number of hydrogen-bond donors (Lipinski definition) is 1. The van der Waals surface area contributed by atoms with Crippen LogP contribution in [0.25, 0.3) is 0 Å². The predicted molar refractivity (Wildman–Crippen MR) is 101 cm³/mol. The zero-order valence-corrected chi connectivity index (χ0v) is 15.6. The molecule has 4 rings (SSSR count). The highest BCUT2D eigenvalue weighted by Crippen LogP contribution is 2.35. The average Bonchev–Trinajstić information content (AvgIpc) is 3.12. The standard InChI is InChI=1S/C18H19ClN2O4S/c19-15-6-4-13(21-8-2-1-3-9-21)10-16(15)20-26(22,23)14-5-7-17-18(11-14)25-12-24-17/h4-7,10-11,20H,1-3,8-9,12H2. The van der Waals surface area contributed by atoms with Crippen molar-refractivity contribution in [1.29, 1.82) is 0 Å². The van der Waals surface area contributed by atoms with Crippen molar-refractivity contribution >= 4 is 33.0 Å². The molecule has 0 aromatic heterocycles. The van der Waals surface area contributed by atoms with E-state index in [-0.39, 0.29) is 11.7 Å². The molecule has 0 radical (unpaired) electrons. The number of benzene rings is 2. The average molecular weight is 395 g/mol. The molecule has 6 nitrogen and oxygen atoms in total. The first-order chi connectivity index (χ1) is 12.5. The molecule has 2 aliphatic rings. The van der Waals surface area contributed by atoms with E-state index in [0.717, 1.165) is 31.6 Å². The van der Waals surface area contributed by atoms with Crippen molar-refractivity contribution in [1.82, 2.24) is 0 Å². The highest BCUT2D eigenvalue weighted by atomic mass is 35.5. The predicted octanol–water partition coefficient (Wildman–Crippen LogP) is 3.86. The second-order valence-electron chi connectivity index (χ2n) is 6.33. The number of piperidine rings is 1. The molecule has 1 saturated heterocycles. The maximum absolute atomic E-state index is 12.8. The molecule has 26 heavy (non-hydrogen) atoms. The van der Waals surface area contributed by atoms with E-state index < -0.39 is 10.0 Å². The number of anilines is 2. The molecule has 0 bridgehead atoms. The summed E-state index contributed by atoms with van der Waals surface area (Å²) in [5, 5.41) is 0.357. The minimum absolute atomic E-state index is 0.0932. The van der Waals surface area contributed by atoms with Gasteiger partial charge < -0.3 is 14.4 Å². The summed E-state index contributed by atoms with van der Waals surface area (Å²) in [4.78, 5) is 2.35. The maximum Gasteiger partial charge on any atom is 0.262 e. The van der Waals surface area contributed by atoms with E-state index >= 15 is 0 Å². The topological polar surface area (TPSA) is 67.9 Å². The SMILES string of the molecule is O=S(=O)(Nc1cc(N2CCCCC2)ccc1Cl)c1ccc2c(c1)OCO2. The fourth-order valence-corrected chi connectivity index (χ4v) is 4.49. The molecule has 1 N–H and O–H groups in total. The van der Waals surface area contributed by atoms with Gasteiger partial charge in [0.15, 0.2) is 11.5 Å². The Labute approximate surface area is 157 Å². The molecule has 0 aliphatic carbocycles. The smallest absolute Gasteiger partial charge is 0.262 e. The summed E-state index contributed by atoms with van der Waals surface area (Å²) in [7, 11) is -3.79. The van der Waals surface area contributed by atoms with Crippen LogP contribution in [-0.2, 0) is 10.0 Å². The van der Waals surface area contributed by atoms with E-state index in [9.17, 15) is 8.42 Å². The number of nitrogens with one attached hydrogen (secondary N) is 1. The van der Waals surface area contributed by atoms with Crippen molar-refractivity contribution in [3.63, 3.8) is 0 Å². The molecule has 2 aliphatic heterocycles. The van der Waals surface area contributed by atoms with Gasteiger partial charge in [0.1, 0.15) is 0 Å². The largest absolute Gasteiger partial charge is 0.454 e. The number of hydrogen-bond acceptors (Lipinski definition) is 5. The molecule has 2 heterocycles. The van der Waals surface area contributed by atoms with Gasteiger partial charge in [-0.25, -0.2) is 8.42 Å². The zero-order valence-electron chi connectivity index (χ0n) is 14.1. The van der Waals surface area contributed by atoms with E-state index in [1.807, 2.05) is 6.07 Å². The van der Waals surface area contributed by atoms with Crippen molar-refractivity contribution in [2.75, 3.05) is 29.5 Å². The van der Waals surface area contributed by atoms with Crippen LogP contribution in [-0.4, -0.2) is 28.3 Å². The van der Waals surface area contributed by atoms with Crippen LogP contribution >= 0.6 is 11.6 Å². The van der Waals surface area contributed by atoms with Gasteiger partial charge in [-0.15, -0.1) is 0 Å². The number of nitrogens with zero attached hydrogens (tertiary/aromatic N) is 1. The van der Waals surface area contributed by atoms with Crippen LogP contribution in [0, 0.1) is 0 Å². The van der Waals surface area contributed by atoms with Crippen molar-refractivity contribution in [3.05, 3.63) is 41.4 Å². The molecule has 138 valence electrons. The number of halogens is 1. The Morgan fingerprint density at radius 2 is 1.73 bits per heavy atom. The van der Waals surface area contributed by atoms with Crippen LogP contribution in [0.4, 0.5) is 11.4 Å². The van der Waals surface area contributed by atoms with Gasteiger partial charge in [-0.2, -0.15) is 0 Å².